The number of nitrogens with zero attached hydrogens (tertiary/aromatic N) is 4. The summed E-state index contributed by atoms with van der Waals surface area (Å²) in [5, 5.41) is 0.387. The van der Waals surface area contributed by atoms with E-state index in [2.05, 4.69) is 9.97 Å². The Hall–Kier alpha value is -1.73. The standard InChI is InChI=1S/C11H9ClN4O2S/c1-15-4-8(17)16(11(15)18)3-6-2-7-9(19-6)10(12)14-5-13-7/h2,5H,3-4H2,1H3. The van der Waals surface area contributed by atoms with Gasteiger partial charge in [-0.2, -0.15) is 0 Å². The minimum absolute atomic E-state index is 0.129. The Morgan fingerprint density at radius 1 is 1.42 bits per heavy atom. The molecule has 3 rings (SSSR count). The first kappa shape index (κ1) is 12.3. The van der Waals surface area contributed by atoms with Gasteiger partial charge in [-0.25, -0.2) is 14.8 Å². The van der Waals surface area contributed by atoms with E-state index in [-0.39, 0.29) is 25.0 Å². The fraction of sp³-hybridized carbons (Fsp3) is 0.273. The predicted octanol–water partition coefficient (Wildman–Crippen LogP) is 1.74. The predicted molar refractivity (Wildman–Crippen MR) is 71.0 cm³/mol. The molecule has 0 saturated carbocycles. The Morgan fingerprint density at radius 3 is 2.84 bits per heavy atom. The molecule has 0 N–H and O–H groups in total. The van der Waals surface area contributed by atoms with Crippen LogP contribution < -0.4 is 0 Å². The molecule has 98 valence electrons. The molecule has 3 amide bonds. The van der Waals surface area contributed by atoms with Crippen molar-refractivity contribution in [2.75, 3.05) is 13.6 Å². The van der Waals surface area contributed by atoms with E-state index in [4.69, 9.17) is 11.6 Å². The summed E-state index contributed by atoms with van der Waals surface area (Å²) in [6.07, 6.45) is 1.39. The molecule has 0 unspecified atom stereocenters. The first-order chi connectivity index (χ1) is 9.06. The quantitative estimate of drug-likeness (QED) is 0.625. The van der Waals surface area contributed by atoms with Crippen LogP contribution in [-0.4, -0.2) is 45.3 Å². The number of likely N-dealkylation sites (N-methyl/N-ethyl adjacent to an activating group) is 1. The Kier molecular flexibility index (Phi) is 2.87. The number of thiophene rings is 1. The SMILES string of the molecule is CN1CC(=O)N(Cc2cc3ncnc(Cl)c3s2)C1=O. The van der Waals surface area contributed by atoms with Gasteiger partial charge in [-0.15, -0.1) is 11.3 Å². The lowest BCUT2D eigenvalue weighted by Crippen LogP contribution is -2.30. The second kappa shape index (κ2) is 4.43. The Morgan fingerprint density at radius 2 is 2.21 bits per heavy atom. The molecule has 1 aliphatic heterocycles. The van der Waals surface area contributed by atoms with Gasteiger partial charge in [0, 0.05) is 11.9 Å². The molecule has 0 atom stereocenters. The van der Waals surface area contributed by atoms with Crippen molar-refractivity contribution in [1.82, 2.24) is 19.8 Å². The average Bonchev–Trinajstić information content (AvgIpc) is 2.88. The third-order valence-corrected chi connectivity index (χ3v) is 4.38. The topological polar surface area (TPSA) is 66.4 Å². The summed E-state index contributed by atoms with van der Waals surface area (Å²) in [5.41, 5.74) is 0.729. The maximum absolute atomic E-state index is 11.8. The lowest BCUT2D eigenvalue weighted by molar-refractivity contribution is -0.125. The molecule has 0 spiro atoms. The normalized spacial score (nSPS) is 15.9. The van der Waals surface area contributed by atoms with Crippen LogP contribution in [0.25, 0.3) is 10.2 Å². The van der Waals surface area contributed by atoms with E-state index < -0.39 is 0 Å². The second-order valence-corrected chi connectivity index (χ2v) is 5.70. The van der Waals surface area contributed by atoms with E-state index in [1.807, 2.05) is 6.07 Å². The lowest BCUT2D eigenvalue weighted by atomic mass is 10.4. The van der Waals surface area contributed by atoms with Crippen LogP contribution in [0, 0.1) is 0 Å². The highest BCUT2D eigenvalue weighted by Gasteiger charge is 2.33. The maximum atomic E-state index is 11.8. The first-order valence-electron chi connectivity index (χ1n) is 5.50. The molecule has 1 saturated heterocycles. The molecule has 0 bridgehead atoms. The summed E-state index contributed by atoms with van der Waals surface area (Å²) in [7, 11) is 1.60. The summed E-state index contributed by atoms with van der Waals surface area (Å²) in [6.45, 7) is 0.379. The molecule has 8 heteroatoms. The van der Waals surface area contributed by atoms with Gasteiger partial charge in [0.25, 0.3) is 5.91 Å². The van der Waals surface area contributed by atoms with Crippen molar-refractivity contribution in [3.05, 3.63) is 22.4 Å². The molecule has 3 heterocycles. The third-order valence-electron chi connectivity index (χ3n) is 2.86. The van der Waals surface area contributed by atoms with Crippen molar-refractivity contribution in [3.63, 3.8) is 0 Å². The van der Waals surface area contributed by atoms with E-state index in [0.717, 1.165) is 15.1 Å². The molecule has 0 aromatic carbocycles. The highest BCUT2D eigenvalue weighted by molar-refractivity contribution is 7.19. The molecule has 0 aliphatic carbocycles. The highest BCUT2D eigenvalue weighted by atomic mass is 35.5. The number of fused-ring (bicyclic) bond motifs is 1. The van der Waals surface area contributed by atoms with E-state index in [1.54, 1.807) is 7.05 Å². The van der Waals surface area contributed by atoms with E-state index in [1.165, 1.54) is 27.5 Å². The number of rotatable bonds is 2. The number of amides is 3. The van der Waals surface area contributed by atoms with Crippen molar-refractivity contribution in [2.45, 2.75) is 6.54 Å². The van der Waals surface area contributed by atoms with Crippen molar-refractivity contribution in [1.29, 1.82) is 0 Å². The van der Waals surface area contributed by atoms with Crippen molar-refractivity contribution >= 4 is 45.1 Å². The van der Waals surface area contributed by atoms with Gasteiger partial charge in [0.1, 0.15) is 18.0 Å². The number of aromatic nitrogens is 2. The van der Waals surface area contributed by atoms with Gasteiger partial charge >= 0.3 is 6.03 Å². The largest absolute Gasteiger partial charge is 0.327 e. The van der Waals surface area contributed by atoms with Crippen LogP contribution in [0.1, 0.15) is 4.88 Å². The summed E-state index contributed by atoms with van der Waals surface area (Å²) >= 11 is 7.37. The van der Waals surface area contributed by atoms with E-state index >= 15 is 0 Å². The van der Waals surface area contributed by atoms with Crippen LogP contribution >= 0.6 is 22.9 Å². The molecule has 19 heavy (non-hydrogen) atoms. The van der Waals surface area contributed by atoms with Crippen molar-refractivity contribution in [3.8, 4) is 0 Å². The summed E-state index contributed by atoms with van der Waals surface area (Å²) in [6, 6.07) is 1.55. The second-order valence-electron chi connectivity index (χ2n) is 4.21. The molecule has 1 aliphatic rings. The van der Waals surface area contributed by atoms with Crippen molar-refractivity contribution < 1.29 is 9.59 Å². The number of halogens is 1. The molecule has 1 fully saturated rings. The first-order valence-corrected chi connectivity index (χ1v) is 6.70. The fourth-order valence-electron chi connectivity index (χ4n) is 1.93. The minimum Gasteiger partial charge on any atom is -0.318 e. The zero-order chi connectivity index (χ0) is 13.6. The fourth-order valence-corrected chi connectivity index (χ4v) is 3.17. The molecule has 0 radical (unpaired) electrons. The third kappa shape index (κ3) is 2.04. The van der Waals surface area contributed by atoms with Gasteiger partial charge in [0.05, 0.1) is 16.8 Å². The maximum Gasteiger partial charge on any atom is 0.327 e. The molecular formula is C11H9ClN4O2S. The Bertz CT molecular complexity index is 686. The van der Waals surface area contributed by atoms with Crippen LogP contribution in [-0.2, 0) is 11.3 Å². The smallest absolute Gasteiger partial charge is 0.318 e. The van der Waals surface area contributed by atoms with Gasteiger partial charge in [0.15, 0.2) is 0 Å². The molecular weight excluding hydrogens is 288 g/mol. The van der Waals surface area contributed by atoms with Gasteiger partial charge in [-0.05, 0) is 6.07 Å². The molecule has 2 aromatic rings. The van der Waals surface area contributed by atoms with Gasteiger partial charge in [-0.3, -0.25) is 9.69 Å². The average molecular weight is 297 g/mol. The zero-order valence-electron chi connectivity index (χ0n) is 9.96. The van der Waals surface area contributed by atoms with E-state index in [0.29, 0.717) is 5.15 Å². The summed E-state index contributed by atoms with van der Waals surface area (Å²) in [5.74, 6) is -0.192. The summed E-state index contributed by atoms with van der Waals surface area (Å²) < 4.78 is 0.770. The van der Waals surface area contributed by atoms with Crippen LogP contribution in [0.3, 0.4) is 0 Å². The molecule has 2 aromatic heterocycles. The minimum atomic E-state index is -0.278. The van der Waals surface area contributed by atoms with Crippen LogP contribution in [0.15, 0.2) is 12.4 Å². The highest BCUT2D eigenvalue weighted by Crippen LogP contribution is 2.30. The lowest BCUT2D eigenvalue weighted by Gasteiger charge is -2.12. The number of hydrogen-bond acceptors (Lipinski definition) is 5. The molecule has 6 nitrogen and oxygen atoms in total. The number of hydrogen-bond donors (Lipinski definition) is 0. The number of urea groups is 1. The van der Waals surface area contributed by atoms with Crippen LogP contribution in [0.5, 0.6) is 0 Å². The van der Waals surface area contributed by atoms with Crippen molar-refractivity contribution in [2.24, 2.45) is 0 Å². The van der Waals surface area contributed by atoms with Crippen LogP contribution in [0.2, 0.25) is 5.15 Å². The Balaban J connectivity index is 1.92. The number of carbonyl (C=O) groups is 2. The zero-order valence-corrected chi connectivity index (χ0v) is 11.5. The van der Waals surface area contributed by atoms with Gasteiger partial charge < -0.3 is 4.90 Å². The number of carbonyl (C=O) groups excluding carboxylic acids is 2. The van der Waals surface area contributed by atoms with Gasteiger partial charge in [-0.1, -0.05) is 11.6 Å². The number of imide groups is 1. The van der Waals surface area contributed by atoms with Gasteiger partial charge in [0.2, 0.25) is 0 Å². The Labute approximate surface area is 117 Å². The van der Waals surface area contributed by atoms with E-state index in [9.17, 15) is 9.59 Å². The monoisotopic (exact) mass is 296 g/mol. The van der Waals surface area contributed by atoms with Crippen LogP contribution in [0.4, 0.5) is 4.79 Å². The summed E-state index contributed by atoms with van der Waals surface area (Å²) in [4.78, 5) is 35.0.